The maximum atomic E-state index is 12.9. The molecule has 0 radical (unpaired) electrons. The van der Waals surface area contributed by atoms with Crippen LogP contribution in [0.5, 0.6) is 0 Å². The van der Waals surface area contributed by atoms with E-state index in [0.29, 0.717) is 0 Å². The van der Waals surface area contributed by atoms with Crippen molar-refractivity contribution in [3.05, 3.63) is 39.4 Å². The number of aromatic nitrogens is 6. The Hall–Kier alpha value is -5.33. The zero-order valence-corrected chi connectivity index (χ0v) is 21.3. The van der Waals surface area contributed by atoms with E-state index < -0.39 is 48.0 Å². The van der Waals surface area contributed by atoms with Gasteiger partial charge in [-0.15, -0.1) is 0 Å². The molecule has 0 saturated carbocycles. The Morgan fingerprint density at radius 2 is 1.65 bits per heavy atom. The summed E-state index contributed by atoms with van der Waals surface area (Å²) in [5, 5.41) is 2.56. The molecule has 0 fully saturated rings. The molecule has 0 atom stereocenters. The summed E-state index contributed by atoms with van der Waals surface area (Å²) < 4.78 is 2.32. The Labute approximate surface area is 225 Å². The van der Waals surface area contributed by atoms with Gasteiger partial charge in [0, 0.05) is 32.4 Å². The largest absolute Gasteiger partial charge is 0.383 e. The smallest absolute Gasteiger partial charge is 0.349 e. The average Bonchev–Trinajstić information content (AvgIpc) is 3.27. The Morgan fingerprint density at radius 3 is 2.30 bits per heavy atom. The fourth-order valence-electron chi connectivity index (χ4n) is 3.63. The first kappa shape index (κ1) is 29.2. The first-order chi connectivity index (χ1) is 19.0. The van der Waals surface area contributed by atoms with E-state index >= 15 is 0 Å². The molecular formula is C21H29N13O6. The predicted octanol–water partition coefficient (Wildman–Crippen LogP) is -5.24. The number of rotatable bonds is 13. The SMILES string of the molecule is NCCN(CC(=O)NCCN(CC(N)=O)C(=O)Cn1ccc(N)nc1=O)C(=O)Cn1cnc2c(=O)[nH]c(N)nc21. The van der Waals surface area contributed by atoms with Crippen LogP contribution < -0.4 is 39.5 Å². The van der Waals surface area contributed by atoms with Gasteiger partial charge in [0.2, 0.25) is 29.6 Å². The molecule has 3 heterocycles. The maximum Gasteiger partial charge on any atom is 0.349 e. The van der Waals surface area contributed by atoms with Crippen molar-refractivity contribution < 1.29 is 19.2 Å². The van der Waals surface area contributed by atoms with Gasteiger partial charge in [0.15, 0.2) is 11.2 Å². The Kier molecular flexibility index (Phi) is 9.47. The normalized spacial score (nSPS) is 10.8. The number of nitrogens with two attached hydrogens (primary N) is 4. The van der Waals surface area contributed by atoms with Gasteiger partial charge in [0.05, 0.1) is 19.4 Å². The van der Waals surface area contributed by atoms with Crippen molar-refractivity contribution in [2.75, 3.05) is 50.7 Å². The Bertz CT molecular complexity index is 1530. The molecule has 0 bridgehead atoms. The lowest BCUT2D eigenvalue weighted by Gasteiger charge is -2.24. The van der Waals surface area contributed by atoms with Crippen molar-refractivity contribution in [2.24, 2.45) is 11.5 Å². The highest BCUT2D eigenvalue weighted by Crippen LogP contribution is 2.07. The monoisotopic (exact) mass is 559 g/mol. The molecule has 3 rings (SSSR count). The lowest BCUT2D eigenvalue weighted by molar-refractivity contribution is -0.137. The van der Waals surface area contributed by atoms with Crippen molar-refractivity contribution in [2.45, 2.75) is 13.1 Å². The number of aromatic amines is 1. The first-order valence-electron chi connectivity index (χ1n) is 11.8. The van der Waals surface area contributed by atoms with Crippen LogP contribution in [-0.2, 0) is 32.3 Å². The number of anilines is 2. The number of imidazole rings is 1. The third kappa shape index (κ3) is 7.60. The van der Waals surface area contributed by atoms with Crippen molar-refractivity contribution in [1.82, 2.24) is 44.2 Å². The maximum absolute atomic E-state index is 12.9. The lowest BCUT2D eigenvalue weighted by atomic mass is 10.3. The number of carbonyl (C=O) groups excluding carboxylic acids is 4. The molecule has 3 aromatic rings. The highest BCUT2D eigenvalue weighted by molar-refractivity contribution is 5.86. The average molecular weight is 560 g/mol. The van der Waals surface area contributed by atoms with Crippen molar-refractivity contribution in [3.8, 4) is 0 Å². The van der Waals surface area contributed by atoms with E-state index in [9.17, 15) is 28.8 Å². The second-order valence-corrected chi connectivity index (χ2v) is 8.49. The van der Waals surface area contributed by atoms with Crippen LogP contribution in [0.3, 0.4) is 0 Å². The lowest BCUT2D eigenvalue weighted by Crippen LogP contribution is -2.47. The molecule has 0 aliphatic heterocycles. The van der Waals surface area contributed by atoms with Crippen LogP contribution >= 0.6 is 0 Å². The quantitative estimate of drug-likeness (QED) is 0.114. The van der Waals surface area contributed by atoms with Crippen LogP contribution in [0, 0.1) is 0 Å². The van der Waals surface area contributed by atoms with Gasteiger partial charge in [-0.3, -0.25) is 33.5 Å². The van der Waals surface area contributed by atoms with Crippen molar-refractivity contribution in [3.63, 3.8) is 0 Å². The van der Waals surface area contributed by atoms with Crippen LogP contribution in [-0.4, -0.2) is 102 Å². The molecule has 40 heavy (non-hydrogen) atoms. The van der Waals surface area contributed by atoms with E-state index in [1.807, 2.05) is 0 Å². The minimum Gasteiger partial charge on any atom is -0.383 e. The van der Waals surface area contributed by atoms with E-state index in [-0.39, 0.29) is 62.2 Å². The van der Waals surface area contributed by atoms with E-state index in [1.54, 1.807) is 0 Å². The fourth-order valence-corrected chi connectivity index (χ4v) is 3.63. The third-order valence-electron chi connectivity index (χ3n) is 5.49. The number of H-pyrrole nitrogens is 1. The molecular weight excluding hydrogens is 530 g/mol. The van der Waals surface area contributed by atoms with Gasteiger partial charge < -0.3 is 42.6 Å². The summed E-state index contributed by atoms with van der Waals surface area (Å²) in [5.41, 5.74) is 20.6. The molecule has 4 amide bonds. The van der Waals surface area contributed by atoms with Crippen molar-refractivity contribution >= 4 is 46.6 Å². The van der Waals surface area contributed by atoms with E-state index in [0.717, 1.165) is 9.47 Å². The molecule has 214 valence electrons. The van der Waals surface area contributed by atoms with Crippen molar-refractivity contribution in [1.29, 1.82) is 0 Å². The topological polar surface area (TPSA) is 289 Å². The number of nitrogens with zero attached hydrogens (tertiary/aromatic N) is 7. The number of carbonyl (C=O) groups is 4. The molecule has 0 spiro atoms. The molecule has 3 aromatic heterocycles. The van der Waals surface area contributed by atoms with Crippen LogP contribution in [0.25, 0.3) is 11.2 Å². The number of hydrogen-bond acceptors (Lipinski definition) is 12. The van der Waals surface area contributed by atoms with Crippen LogP contribution in [0.1, 0.15) is 0 Å². The first-order valence-corrected chi connectivity index (χ1v) is 11.8. The van der Waals surface area contributed by atoms with Gasteiger partial charge >= 0.3 is 5.69 Å². The molecule has 0 aliphatic carbocycles. The number of fused-ring (bicyclic) bond motifs is 1. The van der Waals surface area contributed by atoms with Gasteiger partial charge in [0.1, 0.15) is 18.9 Å². The van der Waals surface area contributed by atoms with Gasteiger partial charge in [-0.25, -0.2) is 9.78 Å². The molecule has 19 nitrogen and oxygen atoms in total. The number of nitrogens with one attached hydrogen (secondary N) is 2. The van der Waals surface area contributed by atoms with Crippen LogP contribution in [0.2, 0.25) is 0 Å². The Morgan fingerprint density at radius 1 is 0.975 bits per heavy atom. The fraction of sp³-hybridized carbons (Fsp3) is 0.381. The summed E-state index contributed by atoms with van der Waals surface area (Å²) >= 11 is 0. The summed E-state index contributed by atoms with van der Waals surface area (Å²) in [6, 6.07) is 1.34. The van der Waals surface area contributed by atoms with Gasteiger partial charge in [-0.05, 0) is 6.07 Å². The van der Waals surface area contributed by atoms with Gasteiger partial charge in [-0.1, -0.05) is 0 Å². The second kappa shape index (κ2) is 13.0. The number of amides is 4. The molecule has 0 aliphatic rings. The summed E-state index contributed by atoms with van der Waals surface area (Å²) in [5.74, 6) is -2.65. The van der Waals surface area contributed by atoms with Gasteiger partial charge in [-0.2, -0.15) is 9.97 Å². The summed E-state index contributed by atoms with van der Waals surface area (Å²) in [6.07, 6.45) is 2.54. The molecule has 0 aromatic carbocycles. The minimum atomic E-state index is -0.799. The van der Waals surface area contributed by atoms with E-state index in [4.69, 9.17) is 22.9 Å². The summed E-state index contributed by atoms with van der Waals surface area (Å²) in [7, 11) is 0. The van der Waals surface area contributed by atoms with Gasteiger partial charge in [0.25, 0.3) is 5.56 Å². The summed E-state index contributed by atoms with van der Waals surface area (Å²) in [6.45, 7) is -1.63. The van der Waals surface area contributed by atoms with E-state index in [2.05, 4.69) is 25.3 Å². The molecule has 0 unspecified atom stereocenters. The molecule has 10 N–H and O–H groups in total. The second-order valence-electron chi connectivity index (χ2n) is 8.49. The zero-order valence-electron chi connectivity index (χ0n) is 21.3. The zero-order chi connectivity index (χ0) is 29.4. The molecule has 0 saturated heterocycles. The van der Waals surface area contributed by atoms with Crippen LogP contribution in [0.15, 0.2) is 28.2 Å². The predicted molar refractivity (Wildman–Crippen MR) is 140 cm³/mol. The molecule has 19 heteroatoms. The highest BCUT2D eigenvalue weighted by atomic mass is 16.2. The van der Waals surface area contributed by atoms with E-state index in [1.165, 1.54) is 28.1 Å². The number of hydrogen-bond donors (Lipinski definition) is 6. The Balaban J connectivity index is 1.59. The van der Waals surface area contributed by atoms with Crippen LogP contribution in [0.4, 0.5) is 11.8 Å². The number of primary amides is 1. The minimum absolute atomic E-state index is 0.00212. The summed E-state index contributed by atoms with van der Waals surface area (Å²) in [4.78, 5) is 89.6. The standard InChI is InChI=1S/C21H29N13O6/c22-2-5-31(16(38)10-34-11-27-17-18(34)29-20(25)30-19(17)39)8-14(36)26-3-6-32(7-13(24)35)15(37)9-33-4-1-12(23)28-21(33)40/h1,4,11H,2-3,5-10,22H2,(H2,24,35)(H,26,36)(H2,23,28,40)(H3,25,29,30,39). The highest BCUT2D eigenvalue weighted by Gasteiger charge is 2.21. The third-order valence-corrected chi connectivity index (χ3v) is 5.49. The number of nitrogen functional groups attached to an aromatic ring is 2.